The Kier molecular flexibility index (Phi) is 6.94. The molecule has 2 aromatic rings. The van der Waals surface area contributed by atoms with E-state index in [-0.39, 0.29) is 23.9 Å². The fourth-order valence-electron chi connectivity index (χ4n) is 3.45. The molecule has 0 spiro atoms. The van der Waals surface area contributed by atoms with Crippen molar-refractivity contribution in [3.05, 3.63) is 67.6 Å². The fourth-order valence-corrected chi connectivity index (χ4v) is 4.21. The van der Waals surface area contributed by atoms with Crippen molar-refractivity contribution >= 4 is 43.7 Å². The monoisotopic (exact) mass is 506 g/mol. The molecule has 1 aliphatic rings. The average molecular weight is 508 g/mol. The number of hydrogen-bond donors (Lipinski definition) is 2. The summed E-state index contributed by atoms with van der Waals surface area (Å²) in [5, 5.41) is 6.25. The van der Waals surface area contributed by atoms with Gasteiger partial charge in [-0.05, 0) is 62.1 Å². The third-order valence-electron chi connectivity index (χ3n) is 5.27. The summed E-state index contributed by atoms with van der Waals surface area (Å²) in [5.74, 6) is -0.213. The van der Waals surface area contributed by atoms with Crippen LogP contribution in [0.5, 0.6) is 0 Å². The molecule has 0 heterocycles. The highest BCUT2D eigenvalue weighted by Gasteiger charge is 2.28. The van der Waals surface area contributed by atoms with Crippen molar-refractivity contribution < 1.29 is 9.59 Å². The van der Waals surface area contributed by atoms with E-state index in [9.17, 15) is 9.59 Å². The van der Waals surface area contributed by atoms with Gasteiger partial charge in [-0.3, -0.25) is 9.59 Å². The van der Waals surface area contributed by atoms with Crippen LogP contribution in [0.2, 0.25) is 0 Å². The topological polar surface area (TPSA) is 58.2 Å². The summed E-state index contributed by atoms with van der Waals surface area (Å²) in [5.41, 5.74) is 3.42. The predicted octanol–water partition coefficient (Wildman–Crippen LogP) is 5.30. The van der Waals surface area contributed by atoms with Crippen LogP contribution in [0.1, 0.15) is 57.5 Å². The predicted molar refractivity (Wildman–Crippen MR) is 119 cm³/mol. The molecular formula is C22H24Br2N2O2. The van der Waals surface area contributed by atoms with E-state index in [2.05, 4.69) is 42.5 Å². The molecule has 2 amide bonds. The zero-order chi connectivity index (χ0) is 20.3. The molecule has 1 aliphatic carbocycles. The first-order chi connectivity index (χ1) is 13.3. The lowest BCUT2D eigenvalue weighted by Crippen LogP contribution is -2.53. The van der Waals surface area contributed by atoms with E-state index in [1.807, 2.05) is 50.2 Å². The number of nitrogens with one attached hydrogen (secondary N) is 2. The molecule has 2 atom stereocenters. The molecule has 0 aliphatic heterocycles. The minimum atomic E-state index is -0.107. The van der Waals surface area contributed by atoms with Crippen LogP contribution in [-0.2, 0) is 0 Å². The molecule has 1 saturated carbocycles. The maximum Gasteiger partial charge on any atom is 0.251 e. The van der Waals surface area contributed by atoms with Crippen LogP contribution >= 0.6 is 31.9 Å². The van der Waals surface area contributed by atoms with E-state index in [1.54, 1.807) is 0 Å². The number of aryl methyl sites for hydroxylation is 2. The molecule has 148 valence electrons. The minimum Gasteiger partial charge on any atom is -0.347 e. The first kappa shape index (κ1) is 21.1. The van der Waals surface area contributed by atoms with Crippen molar-refractivity contribution in [2.75, 3.05) is 0 Å². The summed E-state index contributed by atoms with van der Waals surface area (Å²) in [6.45, 7) is 3.98. The van der Waals surface area contributed by atoms with Crippen LogP contribution < -0.4 is 10.6 Å². The lowest BCUT2D eigenvalue weighted by atomic mass is 9.89. The molecule has 2 aromatic carbocycles. The summed E-state index contributed by atoms with van der Waals surface area (Å²) >= 11 is 6.96. The van der Waals surface area contributed by atoms with E-state index in [1.165, 1.54) is 0 Å². The molecule has 0 aromatic heterocycles. The van der Waals surface area contributed by atoms with Crippen LogP contribution in [0.3, 0.4) is 0 Å². The molecule has 0 saturated heterocycles. The number of hydrogen-bond acceptors (Lipinski definition) is 2. The Labute approximate surface area is 182 Å². The second-order valence-electron chi connectivity index (χ2n) is 7.37. The summed E-state index contributed by atoms with van der Waals surface area (Å²) in [6.07, 6.45) is 3.82. The Morgan fingerprint density at radius 3 is 1.54 bits per heavy atom. The molecule has 0 unspecified atom stereocenters. The van der Waals surface area contributed by atoms with Crippen LogP contribution in [0, 0.1) is 13.8 Å². The maximum atomic E-state index is 12.7. The van der Waals surface area contributed by atoms with E-state index < -0.39 is 0 Å². The Morgan fingerprint density at radius 1 is 0.786 bits per heavy atom. The van der Waals surface area contributed by atoms with Crippen LogP contribution in [0.4, 0.5) is 0 Å². The Bertz CT molecular complexity index is 825. The van der Waals surface area contributed by atoms with Gasteiger partial charge in [0.1, 0.15) is 0 Å². The summed E-state index contributed by atoms with van der Waals surface area (Å²) in [6, 6.07) is 11.0. The SMILES string of the molecule is Cc1ccc(C(=O)N[C@@H]2CCCC[C@H]2NC(=O)c2ccc(C)c(Br)c2)cc1Br. The van der Waals surface area contributed by atoms with E-state index in [4.69, 9.17) is 0 Å². The smallest absolute Gasteiger partial charge is 0.251 e. The lowest BCUT2D eigenvalue weighted by Gasteiger charge is -2.33. The van der Waals surface area contributed by atoms with Crippen molar-refractivity contribution in [1.82, 2.24) is 10.6 Å². The Balaban J connectivity index is 1.69. The summed E-state index contributed by atoms with van der Waals surface area (Å²) < 4.78 is 1.83. The number of amides is 2. The first-order valence-electron chi connectivity index (χ1n) is 9.49. The number of carbonyl (C=O) groups excluding carboxylic acids is 2. The molecule has 4 nitrogen and oxygen atoms in total. The fraction of sp³-hybridized carbons (Fsp3) is 0.364. The van der Waals surface area contributed by atoms with Crippen molar-refractivity contribution in [2.24, 2.45) is 0 Å². The van der Waals surface area contributed by atoms with Gasteiger partial charge in [-0.1, -0.05) is 56.8 Å². The van der Waals surface area contributed by atoms with Crippen LogP contribution in [-0.4, -0.2) is 23.9 Å². The second-order valence-corrected chi connectivity index (χ2v) is 9.08. The summed E-state index contributed by atoms with van der Waals surface area (Å²) in [7, 11) is 0. The number of rotatable bonds is 4. The first-order valence-corrected chi connectivity index (χ1v) is 11.1. The summed E-state index contributed by atoms with van der Waals surface area (Å²) in [4.78, 5) is 25.4. The van der Waals surface area contributed by atoms with Gasteiger partial charge in [0.25, 0.3) is 11.8 Å². The van der Waals surface area contributed by atoms with Crippen LogP contribution in [0.25, 0.3) is 0 Å². The van der Waals surface area contributed by atoms with Gasteiger partial charge in [-0.25, -0.2) is 0 Å². The molecule has 0 radical (unpaired) electrons. The largest absolute Gasteiger partial charge is 0.347 e. The standard InChI is InChI=1S/C22H24Br2N2O2/c1-13-7-9-15(11-17(13)23)21(27)25-19-5-3-4-6-20(19)26-22(28)16-10-8-14(2)18(24)12-16/h7-12,19-20H,3-6H2,1-2H3,(H,25,27)(H,26,28)/t19-,20-/m1/s1. The number of carbonyl (C=O) groups is 2. The molecule has 3 rings (SSSR count). The second kappa shape index (κ2) is 9.23. The Morgan fingerprint density at radius 2 is 1.18 bits per heavy atom. The average Bonchev–Trinajstić information content (AvgIpc) is 2.67. The van der Waals surface area contributed by atoms with Gasteiger partial charge in [0.05, 0.1) is 0 Å². The van der Waals surface area contributed by atoms with Gasteiger partial charge in [0, 0.05) is 32.2 Å². The molecule has 2 N–H and O–H groups in total. The third-order valence-corrected chi connectivity index (χ3v) is 6.98. The highest BCUT2D eigenvalue weighted by molar-refractivity contribution is 9.10. The zero-order valence-corrected chi connectivity index (χ0v) is 19.2. The minimum absolute atomic E-state index is 0.0702. The van der Waals surface area contributed by atoms with Gasteiger partial charge in [-0.2, -0.15) is 0 Å². The highest BCUT2D eigenvalue weighted by atomic mass is 79.9. The van der Waals surface area contributed by atoms with E-state index in [0.29, 0.717) is 11.1 Å². The van der Waals surface area contributed by atoms with Crippen molar-refractivity contribution in [3.8, 4) is 0 Å². The third kappa shape index (κ3) is 5.03. The molecule has 6 heteroatoms. The van der Waals surface area contributed by atoms with Crippen molar-refractivity contribution in [3.63, 3.8) is 0 Å². The lowest BCUT2D eigenvalue weighted by molar-refractivity contribution is 0.0862. The Hall–Kier alpha value is -1.66. The molecule has 28 heavy (non-hydrogen) atoms. The number of halogens is 2. The van der Waals surface area contributed by atoms with Crippen molar-refractivity contribution in [2.45, 2.75) is 51.6 Å². The number of benzene rings is 2. The van der Waals surface area contributed by atoms with Gasteiger partial charge in [0.15, 0.2) is 0 Å². The maximum absolute atomic E-state index is 12.7. The van der Waals surface area contributed by atoms with E-state index in [0.717, 1.165) is 45.8 Å². The van der Waals surface area contributed by atoms with Crippen molar-refractivity contribution in [1.29, 1.82) is 0 Å². The molecule has 1 fully saturated rings. The van der Waals surface area contributed by atoms with Gasteiger partial charge in [0.2, 0.25) is 0 Å². The molecule has 0 bridgehead atoms. The normalized spacial score (nSPS) is 19.1. The van der Waals surface area contributed by atoms with Gasteiger partial charge >= 0.3 is 0 Å². The quantitative estimate of drug-likeness (QED) is 0.589. The zero-order valence-electron chi connectivity index (χ0n) is 16.0. The highest BCUT2D eigenvalue weighted by Crippen LogP contribution is 2.22. The van der Waals surface area contributed by atoms with Gasteiger partial charge < -0.3 is 10.6 Å². The van der Waals surface area contributed by atoms with Gasteiger partial charge in [-0.15, -0.1) is 0 Å². The van der Waals surface area contributed by atoms with E-state index >= 15 is 0 Å². The van der Waals surface area contributed by atoms with Crippen LogP contribution in [0.15, 0.2) is 45.3 Å². The molecular weight excluding hydrogens is 484 g/mol.